The first-order chi connectivity index (χ1) is 22.0. The Bertz CT molecular complexity index is 1770. The minimum atomic E-state index is 0.826. The van der Waals surface area contributed by atoms with Crippen LogP contribution in [0.4, 0.5) is 0 Å². The van der Waals surface area contributed by atoms with Crippen molar-refractivity contribution in [3.8, 4) is 0 Å². The Hall–Kier alpha value is -3.28. The van der Waals surface area contributed by atoms with Crippen molar-refractivity contribution in [1.29, 1.82) is 0 Å². The van der Waals surface area contributed by atoms with E-state index in [0.717, 1.165) is 87.6 Å². The van der Waals surface area contributed by atoms with Crippen LogP contribution in [0.5, 0.6) is 0 Å². The molecule has 2 aromatic heterocycles. The molecule has 0 unspecified atom stereocenters. The molecule has 0 atom stereocenters. The number of piperidine rings is 2. The number of benzene rings is 2. The molecule has 4 heterocycles. The van der Waals surface area contributed by atoms with Gasteiger partial charge in [-0.25, -0.2) is 0 Å². The van der Waals surface area contributed by atoms with Gasteiger partial charge in [-0.05, 0) is 141 Å². The first-order valence-electron chi connectivity index (χ1n) is 16.3. The zero-order chi connectivity index (χ0) is 30.8. The first kappa shape index (κ1) is 30.4. The lowest BCUT2D eigenvalue weighted by Gasteiger charge is -2.27. The van der Waals surface area contributed by atoms with Gasteiger partial charge in [0, 0.05) is 46.7 Å². The van der Waals surface area contributed by atoms with Crippen LogP contribution in [0.25, 0.3) is 11.1 Å². The second-order valence-electron chi connectivity index (χ2n) is 12.6. The Balaban J connectivity index is 0.000000145. The summed E-state index contributed by atoms with van der Waals surface area (Å²) in [5.74, 6) is 0. The molecule has 2 aromatic carbocycles. The van der Waals surface area contributed by atoms with Crippen molar-refractivity contribution in [3.05, 3.63) is 139 Å². The van der Waals surface area contributed by atoms with Crippen LogP contribution < -0.4 is 5.32 Å². The largest absolute Gasteiger partial charge is 0.316 e. The zero-order valence-corrected chi connectivity index (χ0v) is 27.5. The summed E-state index contributed by atoms with van der Waals surface area (Å²) in [5, 5.41) is 5.11. The van der Waals surface area contributed by atoms with Crippen molar-refractivity contribution in [1.82, 2.24) is 20.2 Å². The van der Waals surface area contributed by atoms with Crippen LogP contribution >= 0.6 is 23.2 Å². The molecule has 0 saturated carbocycles. The molecule has 0 radical (unpaired) electrons. The maximum Gasteiger partial charge on any atom is 0.0739 e. The van der Waals surface area contributed by atoms with E-state index in [2.05, 4.69) is 59.7 Å². The third-order valence-corrected chi connectivity index (χ3v) is 10.2. The van der Waals surface area contributed by atoms with Crippen LogP contribution in [0.1, 0.15) is 70.5 Å². The topological polar surface area (TPSA) is 41.1 Å². The minimum absolute atomic E-state index is 0.826. The predicted octanol–water partition coefficient (Wildman–Crippen LogP) is 8.38. The Kier molecular flexibility index (Phi) is 9.18. The van der Waals surface area contributed by atoms with Crippen LogP contribution in [-0.4, -0.2) is 48.1 Å². The lowest BCUT2D eigenvalue weighted by Crippen LogP contribution is -2.27. The summed E-state index contributed by atoms with van der Waals surface area (Å²) in [6.45, 7) is 4.38. The molecule has 6 heteroatoms. The van der Waals surface area contributed by atoms with Gasteiger partial charge in [-0.2, -0.15) is 0 Å². The third-order valence-electron chi connectivity index (χ3n) is 9.76. The van der Waals surface area contributed by atoms with E-state index in [4.69, 9.17) is 33.2 Å². The third kappa shape index (κ3) is 6.53. The van der Waals surface area contributed by atoms with E-state index in [1.54, 1.807) is 5.57 Å². The molecule has 2 aliphatic carbocycles. The molecule has 230 valence electrons. The summed E-state index contributed by atoms with van der Waals surface area (Å²) >= 11 is 12.5. The van der Waals surface area contributed by atoms with Gasteiger partial charge in [0.1, 0.15) is 0 Å². The Morgan fingerprint density at radius 1 is 0.578 bits per heavy atom. The SMILES string of the molecule is CN1CCC(=C2c3ccc(Cl)cc3CCc3cccnc32)CC1.Clc1ccc2c(c1)CCc1cccnc1C2=C1CCNCC1. The van der Waals surface area contributed by atoms with E-state index in [-0.39, 0.29) is 0 Å². The van der Waals surface area contributed by atoms with Crippen molar-refractivity contribution < 1.29 is 0 Å². The molecule has 0 amide bonds. The molecule has 4 aromatic rings. The number of pyridine rings is 2. The summed E-state index contributed by atoms with van der Waals surface area (Å²) in [6, 6.07) is 21.2. The van der Waals surface area contributed by atoms with Gasteiger partial charge in [0.25, 0.3) is 0 Å². The van der Waals surface area contributed by atoms with E-state index in [0.29, 0.717) is 0 Å². The van der Waals surface area contributed by atoms with Crippen molar-refractivity contribution in [2.24, 2.45) is 0 Å². The van der Waals surface area contributed by atoms with Crippen LogP contribution in [0.2, 0.25) is 10.0 Å². The minimum Gasteiger partial charge on any atom is -0.316 e. The number of halogens is 2. The number of nitrogens with zero attached hydrogens (tertiary/aromatic N) is 3. The van der Waals surface area contributed by atoms with Crippen molar-refractivity contribution in [2.45, 2.75) is 51.4 Å². The number of likely N-dealkylation sites (tertiary alicyclic amines) is 1. The van der Waals surface area contributed by atoms with E-state index >= 15 is 0 Å². The Labute approximate surface area is 277 Å². The van der Waals surface area contributed by atoms with E-state index in [1.807, 2.05) is 30.6 Å². The second kappa shape index (κ2) is 13.6. The molecule has 0 spiro atoms. The van der Waals surface area contributed by atoms with Crippen LogP contribution in [0.15, 0.2) is 84.2 Å². The molecule has 2 aliphatic heterocycles. The fourth-order valence-corrected chi connectivity index (χ4v) is 7.77. The lowest BCUT2D eigenvalue weighted by atomic mass is 9.89. The van der Waals surface area contributed by atoms with Gasteiger partial charge in [-0.3, -0.25) is 9.97 Å². The number of nitrogens with one attached hydrogen (secondary N) is 1. The fourth-order valence-electron chi connectivity index (χ4n) is 7.38. The number of fused-ring (bicyclic) bond motifs is 4. The molecule has 2 saturated heterocycles. The standard InChI is InChI=1S/C20H21ClN2.C19H19ClN2/c1-23-11-8-14(9-12-23)19-18-7-6-17(21)13-16(18)5-4-15-3-2-10-22-20(15)19;20-16-5-6-17-15(12-16)4-3-14-2-1-9-22-19(14)18(17)13-7-10-21-11-8-13/h2-3,6-7,10,13H,4-5,8-9,11-12H2,1H3;1-2,5-6,9,12,21H,3-4,7-8,10-11H2. The van der Waals surface area contributed by atoms with Crippen LogP contribution in [0.3, 0.4) is 0 Å². The highest BCUT2D eigenvalue weighted by Crippen LogP contribution is 2.39. The molecule has 45 heavy (non-hydrogen) atoms. The summed E-state index contributed by atoms with van der Waals surface area (Å²) in [4.78, 5) is 11.9. The molecule has 4 aliphatic rings. The Morgan fingerprint density at radius 2 is 1.04 bits per heavy atom. The fraction of sp³-hybridized carbons (Fsp3) is 0.333. The first-order valence-corrected chi connectivity index (χ1v) is 17.1. The van der Waals surface area contributed by atoms with Crippen molar-refractivity contribution in [3.63, 3.8) is 0 Å². The van der Waals surface area contributed by atoms with Gasteiger partial charge in [-0.1, -0.05) is 58.6 Å². The van der Waals surface area contributed by atoms with Gasteiger partial charge >= 0.3 is 0 Å². The average molecular weight is 636 g/mol. The van der Waals surface area contributed by atoms with Gasteiger partial charge < -0.3 is 10.2 Å². The quantitative estimate of drug-likeness (QED) is 0.211. The molecular formula is C39H40Cl2N4. The maximum atomic E-state index is 6.26. The molecule has 8 rings (SSSR count). The molecule has 2 fully saturated rings. The number of hydrogen-bond donors (Lipinski definition) is 1. The van der Waals surface area contributed by atoms with Crippen LogP contribution in [0, 0.1) is 0 Å². The summed E-state index contributed by atoms with van der Waals surface area (Å²) in [5.41, 5.74) is 16.3. The van der Waals surface area contributed by atoms with E-state index in [1.165, 1.54) is 61.5 Å². The highest BCUT2D eigenvalue weighted by molar-refractivity contribution is 6.31. The lowest BCUT2D eigenvalue weighted by molar-refractivity contribution is 0.313. The number of rotatable bonds is 0. The highest BCUT2D eigenvalue weighted by Gasteiger charge is 2.25. The second-order valence-corrected chi connectivity index (χ2v) is 13.5. The molecule has 1 N–H and O–H groups in total. The Morgan fingerprint density at radius 3 is 1.56 bits per heavy atom. The van der Waals surface area contributed by atoms with Crippen molar-refractivity contribution in [2.75, 3.05) is 33.2 Å². The van der Waals surface area contributed by atoms with Gasteiger partial charge in [-0.15, -0.1) is 0 Å². The number of hydrogen-bond acceptors (Lipinski definition) is 4. The van der Waals surface area contributed by atoms with Gasteiger partial charge in [0.15, 0.2) is 0 Å². The average Bonchev–Trinajstić information content (AvgIpc) is 3.34. The smallest absolute Gasteiger partial charge is 0.0739 e. The van der Waals surface area contributed by atoms with E-state index < -0.39 is 0 Å². The van der Waals surface area contributed by atoms with Gasteiger partial charge in [0.2, 0.25) is 0 Å². The normalized spacial score (nSPS) is 18.0. The zero-order valence-electron chi connectivity index (χ0n) is 26.0. The molecular weight excluding hydrogens is 595 g/mol. The van der Waals surface area contributed by atoms with Crippen molar-refractivity contribution >= 4 is 34.3 Å². The predicted molar refractivity (Wildman–Crippen MR) is 187 cm³/mol. The maximum absolute atomic E-state index is 6.26. The summed E-state index contributed by atoms with van der Waals surface area (Å²) in [7, 11) is 2.20. The number of aryl methyl sites for hydroxylation is 4. The van der Waals surface area contributed by atoms with Crippen LogP contribution in [-0.2, 0) is 25.7 Å². The highest BCUT2D eigenvalue weighted by atomic mass is 35.5. The molecule has 0 bridgehead atoms. The monoisotopic (exact) mass is 634 g/mol. The summed E-state index contributed by atoms with van der Waals surface area (Å²) < 4.78 is 0. The summed E-state index contributed by atoms with van der Waals surface area (Å²) in [6.07, 6.45) is 12.4. The molecule has 4 nitrogen and oxygen atoms in total. The van der Waals surface area contributed by atoms with Gasteiger partial charge in [0.05, 0.1) is 11.4 Å². The van der Waals surface area contributed by atoms with E-state index in [9.17, 15) is 0 Å². The number of aromatic nitrogens is 2.